The number of rotatable bonds is 2. The summed E-state index contributed by atoms with van der Waals surface area (Å²) >= 11 is 0. The predicted octanol–water partition coefficient (Wildman–Crippen LogP) is 1.18. The van der Waals surface area contributed by atoms with E-state index in [9.17, 15) is 4.79 Å². The molecule has 0 unspecified atom stereocenters. The molecule has 3 N–H and O–H groups in total. The highest BCUT2D eigenvalue weighted by Crippen LogP contribution is 2.21. The average molecular weight is 258 g/mol. The molecule has 0 radical (unpaired) electrons. The molecule has 8 heteroatoms. The van der Waals surface area contributed by atoms with Crippen molar-refractivity contribution in [3.05, 3.63) is 30.3 Å². The molecule has 0 aromatic carbocycles. The van der Waals surface area contributed by atoms with Crippen LogP contribution in [-0.4, -0.2) is 25.6 Å². The maximum Gasteiger partial charge on any atom is 0.317 e. The Labute approximate surface area is 107 Å². The first-order valence-electron chi connectivity index (χ1n) is 5.48. The molecule has 0 spiro atoms. The molecule has 8 nitrogen and oxygen atoms in total. The molecule has 0 aliphatic heterocycles. The summed E-state index contributed by atoms with van der Waals surface area (Å²) in [6.07, 6.45) is 1.53. The van der Waals surface area contributed by atoms with Crippen molar-refractivity contribution in [2.45, 2.75) is 6.92 Å². The van der Waals surface area contributed by atoms with Crippen LogP contribution < -0.4 is 11.1 Å². The summed E-state index contributed by atoms with van der Waals surface area (Å²) in [5, 5.41) is 6.64. The highest BCUT2D eigenvalue weighted by Gasteiger charge is 2.14. The molecule has 3 heterocycles. The van der Waals surface area contributed by atoms with Crippen molar-refractivity contribution in [1.82, 2.24) is 19.6 Å². The van der Waals surface area contributed by atoms with Gasteiger partial charge in [-0.1, -0.05) is 0 Å². The van der Waals surface area contributed by atoms with Crippen molar-refractivity contribution >= 4 is 17.5 Å². The average Bonchev–Trinajstić information content (AvgIpc) is 2.94. The van der Waals surface area contributed by atoms with E-state index in [0.29, 0.717) is 28.9 Å². The number of fused-ring (bicyclic) bond motifs is 1. The lowest BCUT2D eigenvalue weighted by atomic mass is 10.4. The van der Waals surface area contributed by atoms with E-state index in [1.54, 1.807) is 29.6 Å². The Hall–Kier alpha value is -2.90. The van der Waals surface area contributed by atoms with Crippen molar-refractivity contribution in [2.24, 2.45) is 5.73 Å². The molecular weight excluding hydrogens is 248 g/mol. The molecule has 3 aromatic heterocycles. The van der Waals surface area contributed by atoms with Gasteiger partial charge in [-0.25, -0.2) is 14.8 Å². The highest BCUT2D eigenvalue weighted by molar-refractivity contribution is 5.87. The molecule has 0 aliphatic carbocycles. The number of carbonyl (C=O) groups is 1. The normalized spacial score (nSPS) is 10.8. The number of furan rings is 1. The number of nitrogens with one attached hydrogen (secondary N) is 1. The van der Waals surface area contributed by atoms with Gasteiger partial charge in [-0.2, -0.15) is 4.52 Å². The van der Waals surface area contributed by atoms with Crippen LogP contribution in [0.4, 0.5) is 10.6 Å². The zero-order valence-corrected chi connectivity index (χ0v) is 9.99. The number of primary amides is 1. The van der Waals surface area contributed by atoms with Gasteiger partial charge in [0.1, 0.15) is 11.6 Å². The highest BCUT2D eigenvalue weighted by atomic mass is 16.3. The maximum atomic E-state index is 10.9. The Morgan fingerprint density at radius 1 is 1.47 bits per heavy atom. The minimum absolute atomic E-state index is 0.291. The number of nitrogens with zero attached hydrogens (tertiary/aromatic N) is 4. The van der Waals surface area contributed by atoms with Crippen molar-refractivity contribution in [3.8, 4) is 11.6 Å². The van der Waals surface area contributed by atoms with E-state index in [4.69, 9.17) is 10.2 Å². The van der Waals surface area contributed by atoms with Gasteiger partial charge in [0.05, 0.1) is 6.26 Å². The summed E-state index contributed by atoms with van der Waals surface area (Å²) in [6.45, 7) is 1.76. The van der Waals surface area contributed by atoms with Crippen LogP contribution >= 0.6 is 0 Å². The summed E-state index contributed by atoms with van der Waals surface area (Å²) < 4.78 is 6.84. The Balaban J connectivity index is 2.24. The van der Waals surface area contributed by atoms with Crippen LogP contribution in [0.25, 0.3) is 17.2 Å². The van der Waals surface area contributed by atoms with E-state index in [2.05, 4.69) is 20.4 Å². The SMILES string of the molecule is Cc1nc2cc(NC(N)=O)nc(-c3ccco3)n2n1. The second-order valence-electron chi connectivity index (χ2n) is 3.86. The number of nitrogens with two attached hydrogens (primary N) is 1. The van der Waals surface area contributed by atoms with Crippen LogP contribution in [0.3, 0.4) is 0 Å². The fourth-order valence-electron chi connectivity index (χ4n) is 1.75. The fourth-order valence-corrected chi connectivity index (χ4v) is 1.75. The molecule has 0 bridgehead atoms. The molecular formula is C11H10N6O2. The number of hydrogen-bond acceptors (Lipinski definition) is 5. The summed E-state index contributed by atoms with van der Waals surface area (Å²) in [5.74, 6) is 1.83. The summed E-state index contributed by atoms with van der Waals surface area (Å²) in [4.78, 5) is 19.4. The van der Waals surface area contributed by atoms with Gasteiger partial charge >= 0.3 is 6.03 Å². The number of amides is 2. The first kappa shape index (κ1) is 11.2. The lowest BCUT2D eigenvalue weighted by Crippen LogP contribution is -2.20. The van der Waals surface area contributed by atoms with E-state index in [0.717, 1.165) is 0 Å². The monoisotopic (exact) mass is 258 g/mol. The molecule has 0 fully saturated rings. The third-order valence-corrected chi connectivity index (χ3v) is 2.42. The molecule has 19 heavy (non-hydrogen) atoms. The molecule has 2 amide bonds. The number of urea groups is 1. The molecule has 0 atom stereocenters. The number of carbonyl (C=O) groups excluding carboxylic acids is 1. The van der Waals surface area contributed by atoms with E-state index in [1.807, 2.05) is 0 Å². The van der Waals surface area contributed by atoms with Crippen molar-refractivity contribution in [2.75, 3.05) is 5.32 Å². The molecule has 0 aliphatic rings. The Morgan fingerprint density at radius 3 is 3.00 bits per heavy atom. The Bertz CT molecular complexity index is 746. The number of anilines is 1. The standard InChI is InChI=1S/C11H10N6O2/c1-6-13-9-5-8(15-11(12)18)14-10(17(9)16-6)7-3-2-4-19-7/h2-5H,1H3,(H3,12,15,18). The largest absolute Gasteiger partial charge is 0.461 e. The lowest BCUT2D eigenvalue weighted by Gasteiger charge is -2.04. The van der Waals surface area contributed by atoms with Crippen molar-refractivity contribution in [1.29, 1.82) is 0 Å². The van der Waals surface area contributed by atoms with Gasteiger partial charge in [0.15, 0.2) is 11.4 Å². The number of aromatic nitrogens is 4. The zero-order chi connectivity index (χ0) is 13.4. The molecule has 0 saturated heterocycles. The van der Waals surface area contributed by atoms with Crippen LogP contribution in [0, 0.1) is 6.92 Å². The van der Waals surface area contributed by atoms with E-state index >= 15 is 0 Å². The molecule has 3 aromatic rings. The van der Waals surface area contributed by atoms with E-state index in [1.165, 1.54) is 6.26 Å². The van der Waals surface area contributed by atoms with Gasteiger partial charge < -0.3 is 10.2 Å². The molecule has 0 saturated carbocycles. The van der Waals surface area contributed by atoms with Crippen LogP contribution in [0.5, 0.6) is 0 Å². The zero-order valence-electron chi connectivity index (χ0n) is 9.99. The van der Waals surface area contributed by atoms with E-state index < -0.39 is 6.03 Å². The first-order chi connectivity index (χ1) is 9.13. The number of hydrogen-bond donors (Lipinski definition) is 2. The maximum absolute atomic E-state index is 10.9. The quantitative estimate of drug-likeness (QED) is 0.716. The summed E-state index contributed by atoms with van der Waals surface area (Å²) in [7, 11) is 0. The van der Waals surface area contributed by atoms with Crippen LogP contribution in [0.1, 0.15) is 5.82 Å². The predicted molar refractivity (Wildman–Crippen MR) is 66.4 cm³/mol. The van der Waals surface area contributed by atoms with Crippen molar-refractivity contribution in [3.63, 3.8) is 0 Å². The minimum atomic E-state index is -0.696. The first-order valence-corrected chi connectivity index (χ1v) is 5.48. The minimum Gasteiger partial charge on any atom is -0.461 e. The molecule has 3 rings (SSSR count). The third-order valence-electron chi connectivity index (χ3n) is 2.42. The van der Waals surface area contributed by atoms with Crippen LogP contribution in [0.2, 0.25) is 0 Å². The smallest absolute Gasteiger partial charge is 0.317 e. The van der Waals surface area contributed by atoms with Gasteiger partial charge in [-0.3, -0.25) is 5.32 Å². The van der Waals surface area contributed by atoms with Gasteiger partial charge in [0, 0.05) is 6.07 Å². The van der Waals surface area contributed by atoms with Gasteiger partial charge in [-0.05, 0) is 19.1 Å². The summed E-state index contributed by atoms with van der Waals surface area (Å²) in [5.41, 5.74) is 5.63. The Kier molecular flexibility index (Phi) is 2.41. The second kappa shape index (κ2) is 4.09. The second-order valence-corrected chi connectivity index (χ2v) is 3.86. The van der Waals surface area contributed by atoms with Gasteiger partial charge in [0.25, 0.3) is 0 Å². The Morgan fingerprint density at radius 2 is 2.32 bits per heavy atom. The number of aryl methyl sites for hydroxylation is 1. The van der Waals surface area contributed by atoms with Gasteiger partial charge in [0.2, 0.25) is 5.82 Å². The van der Waals surface area contributed by atoms with Crippen LogP contribution in [0.15, 0.2) is 28.9 Å². The van der Waals surface area contributed by atoms with Crippen molar-refractivity contribution < 1.29 is 9.21 Å². The van der Waals surface area contributed by atoms with E-state index in [-0.39, 0.29) is 0 Å². The summed E-state index contributed by atoms with van der Waals surface area (Å²) in [6, 6.07) is 4.36. The topological polar surface area (TPSA) is 111 Å². The van der Waals surface area contributed by atoms with Gasteiger partial charge in [-0.15, -0.1) is 5.10 Å². The van der Waals surface area contributed by atoms with Crippen LogP contribution in [-0.2, 0) is 0 Å². The third kappa shape index (κ3) is 1.99. The fraction of sp³-hybridized carbons (Fsp3) is 0.0909. The molecule has 96 valence electrons. The lowest BCUT2D eigenvalue weighted by molar-refractivity contribution is 0.259.